The minimum atomic E-state index is -0.279. The molecule has 1 N–H and O–H groups in total. The summed E-state index contributed by atoms with van der Waals surface area (Å²) in [5.41, 5.74) is 0.968. The van der Waals surface area contributed by atoms with E-state index in [9.17, 15) is 4.39 Å². The third-order valence-electron chi connectivity index (χ3n) is 3.28. The van der Waals surface area contributed by atoms with Gasteiger partial charge in [-0.3, -0.25) is 4.90 Å². The zero-order valence-electron chi connectivity index (χ0n) is 11.5. The fourth-order valence-electron chi connectivity index (χ4n) is 2.36. The first kappa shape index (κ1) is 19.2. The van der Waals surface area contributed by atoms with Crippen molar-refractivity contribution in [2.24, 2.45) is 0 Å². The van der Waals surface area contributed by atoms with Crippen LogP contribution < -0.4 is 10.1 Å². The van der Waals surface area contributed by atoms with Crippen LogP contribution in [0.3, 0.4) is 0 Å². The van der Waals surface area contributed by atoms with Gasteiger partial charge in [-0.15, -0.1) is 31.4 Å². The van der Waals surface area contributed by atoms with Gasteiger partial charge in [0.2, 0.25) is 0 Å². The van der Waals surface area contributed by atoms with Crippen LogP contribution in [0.15, 0.2) is 30.9 Å². The van der Waals surface area contributed by atoms with Crippen LogP contribution in [0.1, 0.15) is 11.6 Å². The predicted octanol–water partition coefficient (Wildman–Crippen LogP) is 2.81. The highest BCUT2D eigenvalue weighted by molar-refractivity contribution is 5.85. The van der Waals surface area contributed by atoms with Crippen molar-refractivity contribution in [2.75, 3.05) is 33.3 Å². The Morgan fingerprint density at radius 3 is 2.55 bits per heavy atom. The highest BCUT2D eigenvalue weighted by Crippen LogP contribution is 2.31. The number of hydrogen-bond donors (Lipinski definition) is 1. The van der Waals surface area contributed by atoms with Crippen LogP contribution in [0.25, 0.3) is 0 Å². The summed E-state index contributed by atoms with van der Waals surface area (Å²) in [5.74, 6) is 0.303. The van der Waals surface area contributed by atoms with E-state index in [0.717, 1.165) is 31.7 Å². The third-order valence-corrected chi connectivity index (χ3v) is 3.28. The quantitative estimate of drug-likeness (QED) is 0.863. The lowest BCUT2D eigenvalue weighted by molar-refractivity contribution is 0.200. The van der Waals surface area contributed by atoms with Crippen LogP contribution in [0.4, 0.5) is 4.39 Å². The predicted molar refractivity (Wildman–Crippen MR) is 84.8 cm³/mol. The van der Waals surface area contributed by atoms with Gasteiger partial charge >= 0.3 is 0 Å². The van der Waals surface area contributed by atoms with Crippen molar-refractivity contribution in [3.63, 3.8) is 0 Å². The molecule has 2 rings (SSSR count). The Morgan fingerprint density at radius 2 is 2.00 bits per heavy atom. The summed E-state index contributed by atoms with van der Waals surface area (Å²) < 4.78 is 18.5. The Kier molecular flexibility index (Phi) is 8.81. The Bertz CT molecular complexity index is 426. The molecule has 0 saturated carbocycles. The molecule has 0 aromatic heterocycles. The van der Waals surface area contributed by atoms with Crippen molar-refractivity contribution in [1.29, 1.82) is 0 Å². The second-order valence-corrected chi connectivity index (χ2v) is 4.35. The first-order valence-corrected chi connectivity index (χ1v) is 6.17. The minimum Gasteiger partial charge on any atom is -0.496 e. The van der Waals surface area contributed by atoms with E-state index < -0.39 is 0 Å². The van der Waals surface area contributed by atoms with Crippen molar-refractivity contribution >= 4 is 24.8 Å². The van der Waals surface area contributed by atoms with Gasteiger partial charge < -0.3 is 10.1 Å². The summed E-state index contributed by atoms with van der Waals surface area (Å²) in [7, 11) is 1.57. The fraction of sp³-hybridized carbons (Fsp3) is 0.429. The van der Waals surface area contributed by atoms with E-state index in [-0.39, 0.29) is 36.7 Å². The molecule has 1 heterocycles. The van der Waals surface area contributed by atoms with Gasteiger partial charge in [-0.05, 0) is 6.07 Å². The van der Waals surface area contributed by atoms with E-state index in [1.165, 1.54) is 12.1 Å². The van der Waals surface area contributed by atoms with Crippen LogP contribution in [0.2, 0.25) is 0 Å². The molecule has 1 saturated heterocycles. The van der Waals surface area contributed by atoms with Crippen molar-refractivity contribution in [2.45, 2.75) is 6.04 Å². The van der Waals surface area contributed by atoms with E-state index in [4.69, 9.17) is 4.74 Å². The Hall–Kier alpha value is -0.810. The smallest absolute Gasteiger partial charge is 0.126 e. The number of rotatable bonds is 4. The van der Waals surface area contributed by atoms with Crippen molar-refractivity contribution in [3.8, 4) is 5.75 Å². The SMILES string of the molecule is C=C[C@@H](c1ccc(F)cc1OC)N1CCNCC1.Cl.Cl. The molecule has 0 radical (unpaired) electrons. The summed E-state index contributed by atoms with van der Waals surface area (Å²) in [5, 5.41) is 3.32. The summed E-state index contributed by atoms with van der Waals surface area (Å²) in [6.45, 7) is 7.74. The van der Waals surface area contributed by atoms with E-state index in [0.29, 0.717) is 5.75 Å². The van der Waals surface area contributed by atoms with Gasteiger partial charge in [0.05, 0.1) is 13.2 Å². The minimum absolute atomic E-state index is 0. The van der Waals surface area contributed by atoms with Gasteiger partial charge in [-0.2, -0.15) is 0 Å². The molecule has 0 bridgehead atoms. The van der Waals surface area contributed by atoms with Crippen molar-refractivity contribution in [3.05, 3.63) is 42.2 Å². The number of nitrogens with zero attached hydrogens (tertiary/aromatic N) is 1. The largest absolute Gasteiger partial charge is 0.496 e. The molecule has 0 aliphatic carbocycles. The summed E-state index contributed by atoms with van der Waals surface area (Å²) >= 11 is 0. The van der Waals surface area contributed by atoms with Crippen LogP contribution in [0.5, 0.6) is 5.75 Å². The summed E-state index contributed by atoms with van der Waals surface area (Å²) in [4.78, 5) is 2.32. The molecule has 20 heavy (non-hydrogen) atoms. The van der Waals surface area contributed by atoms with Crippen molar-refractivity contribution in [1.82, 2.24) is 10.2 Å². The van der Waals surface area contributed by atoms with E-state index in [1.807, 2.05) is 6.08 Å². The molecule has 1 atom stereocenters. The van der Waals surface area contributed by atoms with E-state index in [2.05, 4.69) is 16.8 Å². The van der Waals surface area contributed by atoms with Gasteiger partial charge in [0.25, 0.3) is 0 Å². The molecule has 1 fully saturated rings. The van der Waals surface area contributed by atoms with Crippen LogP contribution in [0, 0.1) is 5.82 Å². The van der Waals surface area contributed by atoms with Gasteiger partial charge in [0.1, 0.15) is 11.6 Å². The van der Waals surface area contributed by atoms with Gasteiger partial charge in [-0.25, -0.2) is 4.39 Å². The average molecular weight is 323 g/mol. The molecule has 1 aromatic rings. The van der Waals surface area contributed by atoms with Gasteiger partial charge in [-0.1, -0.05) is 12.1 Å². The maximum absolute atomic E-state index is 13.2. The molecule has 1 aromatic carbocycles. The lowest BCUT2D eigenvalue weighted by Crippen LogP contribution is -2.44. The summed E-state index contributed by atoms with van der Waals surface area (Å²) in [6, 6.07) is 4.75. The number of benzene rings is 1. The molecule has 1 aliphatic heterocycles. The van der Waals surface area contributed by atoms with E-state index in [1.54, 1.807) is 13.2 Å². The standard InChI is InChI=1S/C14H19FN2O.2ClH/c1-3-13(17-8-6-16-7-9-17)12-5-4-11(15)10-14(12)18-2;;/h3-5,10,13,16H,1,6-9H2,2H3;2*1H/t13-;;/m0../s1. The first-order chi connectivity index (χ1) is 8.76. The molecule has 6 heteroatoms. The monoisotopic (exact) mass is 322 g/mol. The Morgan fingerprint density at radius 1 is 1.35 bits per heavy atom. The van der Waals surface area contributed by atoms with Crippen LogP contribution in [-0.2, 0) is 0 Å². The highest BCUT2D eigenvalue weighted by Gasteiger charge is 2.22. The maximum atomic E-state index is 13.2. The Balaban J connectivity index is 0.00000180. The molecule has 0 unspecified atom stereocenters. The number of piperazine rings is 1. The summed E-state index contributed by atoms with van der Waals surface area (Å²) in [6.07, 6.45) is 1.89. The second-order valence-electron chi connectivity index (χ2n) is 4.35. The number of methoxy groups -OCH3 is 1. The molecular weight excluding hydrogens is 302 g/mol. The lowest BCUT2D eigenvalue weighted by Gasteiger charge is -2.34. The topological polar surface area (TPSA) is 24.5 Å². The lowest BCUT2D eigenvalue weighted by atomic mass is 10.0. The van der Waals surface area contributed by atoms with Crippen LogP contribution in [-0.4, -0.2) is 38.2 Å². The second kappa shape index (κ2) is 9.19. The van der Waals surface area contributed by atoms with Gasteiger partial charge in [0.15, 0.2) is 0 Å². The molecule has 0 amide bonds. The van der Waals surface area contributed by atoms with Gasteiger partial charge in [0, 0.05) is 37.8 Å². The number of halogens is 3. The van der Waals surface area contributed by atoms with Crippen molar-refractivity contribution < 1.29 is 9.13 Å². The zero-order valence-corrected chi connectivity index (χ0v) is 13.1. The molecule has 114 valence electrons. The number of ether oxygens (including phenoxy) is 1. The average Bonchev–Trinajstić information content (AvgIpc) is 2.42. The normalized spacial score (nSPS) is 16.5. The Labute approximate surface area is 132 Å². The molecule has 0 spiro atoms. The highest BCUT2D eigenvalue weighted by atomic mass is 35.5. The maximum Gasteiger partial charge on any atom is 0.126 e. The zero-order chi connectivity index (χ0) is 13.0. The number of nitrogens with one attached hydrogen (secondary N) is 1. The molecular formula is C14H21Cl2FN2O. The third kappa shape index (κ3) is 4.35. The first-order valence-electron chi connectivity index (χ1n) is 6.17. The molecule has 3 nitrogen and oxygen atoms in total. The molecule has 1 aliphatic rings. The van der Waals surface area contributed by atoms with E-state index >= 15 is 0 Å². The van der Waals surface area contributed by atoms with Crippen LogP contribution >= 0.6 is 24.8 Å². The fourth-order valence-corrected chi connectivity index (χ4v) is 2.36. The number of hydrogen-bond acceptors (Lipinski definition) is 3.